The molecule has 0 unspecified atom stereocenters. The van der Waals surface area contributed by atoms with Crippen LogP contribution in [0.2, 0.25) is 0 Å². The molecule has 1 aromatic carbocycles. The molecule has 1 spiro atoms. The zero-order valence-corrected chi connectivity index (χ0v) is 20.0. The van der Waals surface area contributed by atoms with Crippen LogP contribution in [0.25, 0.3) is 0 Å². The molecule has 178 valence electrons. The molecule has 0 saturated carbocycles. The van der Waals surface area contributed by atoms with Crippen molar-refractivity contribution in [1.82, 2.24) is 23.9 Å². The van der Waals surface area contributed by atoms with Crippen molar-refractivity contribution in [2.24, 2.45) is 5.92 Å². The monoisotopic (exact) mass is 480 g/mol. The van der Waals surface area contributed by atoms with Crippen LogP contribution in [0.1, 0.15) is 47.4 Å². The maximum Gasteiger partial charge on any atom is 0.275 e. The highest BCUT2D eigenvalue weighted by atomic mass is 32.1. The molecule has 3 saturated heterocycles. The van der Waals surface area contributed by atoms with E-state index in [1.165, 1.54) is 0 Å². The van der Waals surface area contributed by atoms with Crippen molar-refractivity contribution >= 4 is 35.1 Å². The van der Waals surface area contributed by atoms with E-state index >= 15 is 0 Å². The van der Waals surface area contributed by atoms with E-state index in [2.05, 4.69) is 19.0 Å². The molecule has 0 aliphatic carbocycles. The molecular weight excluding hydrogens is 452 g/mol. The van der Waals surface area contributed by atoms with Gasteiger partial charge in [-0.05, 0) is 45.2 Å². The number of hydrogen-bond donors (Lipinski definition) is 1. The Bertz CT molecular complexity index is 1170. The first-order valence-corrected chi connectivity index (χ1v) is 12.8. The second-order valence-electron chi connectivity index (χ2n) is 9.65. The van der Waals surface area contributed by atoms with E-state index in [0.29, 0.717) is 50.4 Å². The summed E-state index contributed by atoms with van der Waals surface area (Å²) in [6.45, 7) is 4.33. The minimum absolute atomic E-state index is 0.0299. The third-order valence-electron chi connectivity index (χ3n) is 7.98. The molecule has 2 bridgehead atoms. The van der Waals surface area contributed by atoms with Crippen LogP contribution in [0.4, 0.5) is 5.69 Å². The van der Waals surface area contributed by atoms with Crippen LogP contribution in [0, 0.1) is 12.8 Å². The van der Waals surface area contributed by atoms with Gasteiger partial charge in [0.1, 0.15) is 5.54 Å². The van der Waals surface area contributed by atoms with E-state index in [1.807, 2.05) is 29.2 Å². The fraction of sp³-hybridized carbons (Fsp3) is 0.542. The zero-order chi connectivity index (χ0) is 23.4. The van der Waals surface area contributed by atoms with Gasteiger partial charge in [0.2, 0.25) is 5.91 Å². The highest BCUT2D eigenvalue weighted by molar-refractivity contribution is 6.99. The van der Waals surface area contributed by atoms with Gasteiger partial charge in [0.25, 0.3) is 11.8 Å². The van der Waals surface area contributed by atoms with Gasteiger partial charge in [-0.25, -0.2) is 0 Å². The number of nitrogens with zero attached hydrogens (tertiary/aromatic N) is 5. The Kier molecular flexibility index (Phi) is 5.18. The maximum atomic E-state index is 14.3. The quantitative estimate of drug-likeness (QED) is 0.665. The molecule has 0 radical (unpaired) electrons. The Morgan fingerprint density at radius 1 is 1.12 bits per heavy atom. The predicted molar refractivity (Wildman–Crippen MR) is 126 cm³/mol. The van der Waals surface area contributed by atoms with Crippen molar-refractivity contribution in [3.8, 4) is 0 Å². The molecule has 1 N–H and O–H groups in total. The van der Waals surface area contributed by atoms with Gasteiger partial charge in [-0.2, -0.15) is 8.75 Å². The molecule has 34 heavy (non-hydrogen) atoms. The third-order valence-corrected chi connectivity index (χ3v) is 8.60. The second-order valence-corrected chi connectivity index (χ2v) is 10.2. The van der Waals surface area contributed by atoms with Crippen LogP contribution in [0.5, 0.6) is 0 Å². The SMILES string of the molecule is Cc1nsnc1C(=O)N1CCCNC(=O)[C@H]2C[C@@H]3CCCN3[C@@]23C(=O)N(CC1)c1ccccc13. The fourth-order valence-corrected chi connectivity index (χ4v) is 7.04. The molecule has 3 atom stereocenters. The Morgan fingerprint density at radius 2 is 1.97 bits per heavy atom. The largest absolute Gasteiger partial charge is 0.356 e. The number of para-hydroxylation sites is 1. The summed E-state index contributed by atoms with van der Waals surface area (Å²) in [6, 6.07) is 8.13. The van der Waals surface area contributed by atoms with Gasteiger partial charge in [0.05, 0.1) is 23.3 Å². The lowest BCUT2D eigenvalue weighted by Crippen LogP contribution is -2.57. The molecule has 1 aromatic heterocycles. The number of aryl methyl sites for hydroxylation is 1. The Labute approximate surface area is 202 Å². The zero-order valence-electron chi connectivity index (χ0n) is 19.2. The van der Waals surface area contributed by atoms with E-state index in [0.717, 1.165) is 42.4 Å². The average molecular weight is 481 g/mol. The lowest BCUT2D eigenvalue weighted by molar-refractivity contribution is -0.139. The van der Waals surface area contributed by atoms with Crippen molar-refractivity contribution in [3.63, 3.8) is 0 Å². The van der Waals surface area contributed by atoms with Gasteiger partial charge in [0, 0.05) is 43.5 Å². The number of hydrogen-bond acceptors (Lipinski definition) is 7. The van der Waals surface area contributed by atoms with Gasteiger partial charge in [0.15, 0.2) is 5.69 Å². The molecule has 4 aliphatic rings. The lowest BCUT2D eigenvalue weighted by atomic mass is 9.78. The fourth-order valence-electron chi connectivity index (χ4n) is 6.50. The van der Waals surface area contributed by atoms with Crippen molar-refractivity contribution in [2.45, 2.75) is 44.2 Å². The summed E-state index contributed by atoms with van der Waals surface area (Å²) in [4.78, 5) is 46.9. The number of benzene rings is 1. The smallest absolute Gasteiger partial charge is 0.275 e. The van der Waals surface area contributed by atoms with Crippen LogP contribution >= 0.6 is 11.7 Å². The summed E-state index contributed by atoms with van der Waals surface area (Å²) in [6.07, 6.45) is 3.41. The van der Waals surface area contributed by atoms with E-state index < -0.39 is 11.5 Å². The molecule has 3 fully saturated rings. The number of rotatable bonds is 1. The van der Waals surface area contributed by atoms with Crippen LogP contribution < -0.4 is 10.2 Å². The van der Waals surface area contributed by atoms with E-state index in [4.69, 9.17) is 0 Å². The van der Waals surface area contributed by atoms with E-state index in [-0.39, 0.29) is 23.8 Å². The lowest BCUT2D eigenvalue weighted by Gasteiger charge is -2.37. The Hall–Kier alpha value is -2.85. The molecule has 6 rings (SSSR count). The minimum Gasteiger partial charge on any atom is -0.356 e. The number of aromatic nitrogens is 2. The van der Waals surface area contributed by atoms with Crippen molar-refractivity contribution < 1.29 is 14.4 Å². The summed E-state index contributed by atoms with van der Waals surface area (Å²) in [5.74, 6) is -0.671. The number of anilines is 1. The molecule has 4 aliphatic heterocycles. The molecular formula is C24H28N6O3S. The summed E-state index contributed by atoms with van der Waals surface area (Å²) < 4.78 is 8.34. The van der Waals surface area contributed by atoms with Gasteiger partial charge >= 0.3 is 0 Å². The van der Waals surface area contributed by atoms with Crippen LogP contribution in [-0.2, 0) is 15.1 Å². The van der Waals surface area contributed by atoms with Crippen LogP contribution in [-0.4, -0.2) is 75.0 Å². The van der Waals surface area contributed by atoms with Gasteiger partial charge in [-0.1, -0.05) is 18.2 Å². The van der Waals surface area contributed by atoms with Gasteiger partial charge in [-0.3, -0.25) is 19.3 Å². The molecule has 3 amide bonds. The number of fused-ring (bicyclic) bond motifs is 4. The number of carbonyl (C=O) groups is 3. The highest BCUT2D eigenvalue weighted by Crippen LogP contribution is 2.56. The summed E-state index contributed by atoms with van der Waals surface area (Å²) in [5.41, 5.74) is 1.81. The van der Waals surface area contributed by atoms with Gasteiger partial charge < -0.3 is 15.1 Å². The standard InChI is InChI=1S/C24H28N6O3S/c1-15-20(27-34-26-15)22(32)28-10-5-9-25-21(31)18-14-16-6-4-11-30(16)24(18)17-7-2-3-8-19(17)29(13-12-28)23(24)33/h2-3,7-8,16,18H,4-6,9-14H2,1H3,(H,25,31)/t16-,18+,24+/m0/s1. The molecule has 2 aromatic rings. The Balaban J connectivity index is 1.41. The van der Waals surface area contributed by atoms with Crippen molar-refractivity contribution in [2.75, 3.05) is 37.6 Å². The normalized spacial score (nSPS) is 29.2. The van der Waals surface area contributed by atoms with Gasteiger partial charge in [-0.15, -0.1) is 0 Å². The predicted octanol–water partition coefficient (Wildman–Crippen LogP) is 1.54. The number of nitrogens with one attached hydrogen (secondary N) is 1. The first-order valence-electron chi connectivity index (χ1n) is 12.1. The highest BCUT2D eigenvalue weighted by Gasteiger charge is 2.67. The first kappa shape index (κ1) is 21.7. The van der Waals surface area contributed by atoms with Crippen molar-refractivity contribution in [1.29, 1.82) is 0 Å². The number of carbonyl (C=O) groups excluding carboxylic acids is 3. The average Bonchev–Trinajstić information content (AvgIpc) is 3.58. The minimum atomic E-state index is -0.953. The van der Waals surface area contributed by atoms with E-state index in [1.54, 1.807) is 11.8 Å². The molecule has 10 heteroatoms. The molecule has 9 nitrogen and oxygen atoms in total. The van der Waals surface area contributed by atoms with E-state index in [9.17, 15) is 14.4 Å². The second kappa shape index (κ2) is 8.13. The first-order chi connectivity index (χ1) is 16.5. The topological polar surface area (TPSA) is 98.7 Å². The summed E-state index contributed by atoms with van der Waals surface area (Å²) in [5, 5.41) is 3.10. The summed E-state index contributed by atoms with van der Waals surface area (Å²) in [7, 11) is 0. The van der Waals surface area contributed by atoms with Crippen molar-refractivity contribution in [3.05, 3.63) is 41.2 Å². The molecule has 5 heterocycles. The summed E-state index contributed by atoms with van der Waals surface area (Å²) >= 11 is 1.03. The van der Waals surface area contributed by atoms with Crippen LogP contribution in [0.3, 0.4) is 0 Å². The third kappa shape index (κ3) is 2.97. The Morgan fingerprint density at radius 3 is 2.79 bits per heavy atom. The number of amides is 3. The maximum absolute atomic E-state index is 14.3. The van der Waals surface area contributed by atoms with Crippen LogP contribution in [0.15, 0.2) is 24.3 Å².